The third kappa shape index (κ3) is 6.82. The monoisotopic (exact) mass is 368 g/mol. The SMILES string of the molecule is CCCCNC(N)=NCC(C)c1nccs1.I. The van der Waals surface area contributed by atoms with Gasteiger partial charge in [0.05, 0.1) is 11.6 Å². The Morgan fingerprint density at radius 2 is 2.41 bits per heavy atom. The third-order valence-electron chi connectivity index (χ3n) is 2.24. The van der Waals surface area contributed by atoms with E-state index in [2.05, 4.69) is 29.1 Å². The molecule has 1 heterocycles. The van der Waals surface area contributed by atoms with E-state index in [1.807, 2.05) is 11.6 Å². The molecule has 0 saturated carbocycles. The molecule has 0 radical (unpaired) electrons. The van der Waals surface area contributed by atoms with Crippen LogP contribution in [0.15, 0.2) is 16.6 Å². The number of hydrogen-bond donors (Lipinski definition) is 2. The Balaban J connectivity index is 0.00000256. The van der Waals surface area contributed by atoms with Crippen LogP contribution in [-0.2, 0) is 0 Å². The summed E-state index contributed by atoms with van der Waals surface area (Å²) in [5.41, 5.74) is 5.74. The zero-order valence-corrected chi connectivity index (χ0v) is 13.5. The molecule has 0 aliphatic heterocycles. The predicted octanol–water partition coefficient (Wildman–Crippen LogP) is 2.57. The summed E-state index contributed by atoms with van der Waals surface area (Å²) in [4.78, 5) is 8.56. The van der Waals surface area contributed by atoms with Crippen molar-refractivity contribution in [3.8, 4) is 0 Å². The molecule has 0 saturated heterocycles. The van der Waals surface area contributed by atoms with Gasteiger partial charge in [-0.05, 0) is 6.42 Å². The summed E-state index contributed by atoms with van der Waals surface area (Å²) in [5, 5.41) is 6.20. The molecule has 1 atom stereocenters. The van der Waals surface area contributed by atoms with Gasteiger partial charge in [-0.3, -0.25) is 4.99 Å². The summed E-state index contributed by atoms with van der Waals surface area (Å²) < 4.78 is 0. The van der Waals surface area contributed by atoms with E-state index in [0.717, 1.165) is 24.4 Å². The summed E-state index contributed by atoms with van der Waals surface area (Å²) in [6.45, 7) is 5.86. The number of guanidine groups is 1. The van der Waals surface area contributed by atoms with Crippen LogP contribution in [0.25, 0.3) is 0 Å². The summed E-state index contributed by atoms with van der Waals surface area (Å²) >= 11 is 1.66. The van der Waals surface area contributed by atoms with E-state index in [0.29, 0.717) is 18.4 Å². The van der Waals surface area contributed by atoms with Crippen LogP contribution in [-0.4, -0.2) is 24.0 Å². The van der Waals surface area contributed by atoms with Gasteiger partial charge in [-0.2, -0.15) is 0 Å². The Bertz CT molecular complexity index is 313. The van der Waals surface area contributed by atoms with Gasteiger partial charge in [-0.15, -0.1) is 35.3 Å². The summed E-state index contributed by atoms with van der Waals surface area (Å²) in [5.74, 6) is 0.878. The molecule has 17 heavy (non-hydrogen) atoms. The van der Waals surface area contributed by atoms with Crippen LogP contribution in [0.3, 0.4) is 0 Å². The predicted molar refractivity (Wildman–Crippen MR) is 85.3 cm³/mol. The second-order valence-electron chi connectivity index (χ2n) is 3.78. The normalized spacial score (nSPS) is 12.9. The van der Waals surface area contributed by atoms with E-state index in [9.17, 15) is 0 Å². The van der Waals surface area contributed by atoms with Gasteiger partial charge < -0.3 is 11.1 Å². The molecule has 0 aliphatic carbocycles. The van der Waals surface area contributed by atoms with Crippen molar-refractivity contribution < 1.29 is 0 Å². The topological polar surface area (TPSA) is 63.3 Å². The zero-order valence-electron chi connectivity index (χ0n) is 10.3. The van der Waals surface area contributed by atoms with Gasteiger partial charge in [-0.25, -0.2) is 4.98 Å². The number of aromatic nitrogens is 1. The van der Waals surface area contributed by atoms with Crippen LogP contribution in [0.2, 0.25) is 0 Å². The van der Waals surface area contributed by atoms with Crippen LogP contribution in [0.1, 0.15) is 37.6 Å². The van der Waals surface area contributed by atoms with Crippen molar-refractivity contribution >= 4 is 41.3 Å². The number of nitrogens with zero attached hydrogens (tertiary/aromatic N) is 2. The van der Waals surface area contributed by atoms with Gasteiger partial charge in [0.25, 0.3) is 0 Å². The highest BCUT2D eigenvalue weighted by Crippen LogP contribution is 2.17. The molecule has 0 aromatic carbocycles. The average molecular weight is 368 g/mol. The lowest BCUT2D eigenvalue weighted by atomic mass is 10.2. The van der Waals surface area contributed by atoms with E-state index < -0.39 is 0 Å². The Labute approximate surface area is 124 Å². The second kappa shape index (κ2) is 9.64. The van der Waals surface area contributed by atoms with Gasteiger partial charge in [0.2, 0.25) is 0 Å². The maximum absolute atomic E-state index is 5.74. The number of thiazole rings is 1. The highest BCUT2D eigenvalue weighted by molar-refractivity contribution is 14.0. The smallest absolute Gasteiger partial charge is 0.188 e. The molecule has 0 amide bonds. The van der Waals surface area contributed by atoms with Crippen molar-refractivity contribution in [1.82, 2.24) is 10.3 Å². The third-order valence-corrected chi connectivity index (χ3v) is 3.25. The zero-order chi connectivity index (χ0) is 11.8. The minimum Gasteiger partial charge on any atom is -0.370 e. The van der Waals surface area contributed by atoms with Crippen LogP contribution in [0.5, 0.6) is 0 Å². The average Bonchev–Trinajstić information content (AvgIpc) is 2.79. The maximum atomic E-state index is 5.74. The van der Waals surface area contributed by atoms with Gasteiger partial charge in [0.1, 0.15) is 0 Å². The molecule has 4 nitrogen and oxygen atoms in total. The molecule has 1 rings (SSSR count). The lowest BCUT2D eigenvalue weighted by Crippen LogP contribution is -2.32. The van der Waals surface area contributed by atoms with E-state index >= 15 is 0 Å². The molecule has 1 unspecified atom stereocenters. The van der Waals surface area contributed by atoms with Crippen LogP contribution >= 0.6 is 35.3 Å². The van der Waals surface area contributed by atoms with Crippen molar-refractivity contribution in [2.45, 2.75) is 32.6 Å². The van der Waals surface area contributed by atoms with E-state index in [-0.39, 0.29) is 24.0 Å². The number of aliphatic imine (C=N–C) groups is 1. The fraction of sp³-hybridized carbons (Fsp3) is 0.636. The quantitative estimate of drug-likeness (QED) is 0.351. The van der Waals surface area contributed by atoms with Gasteiger partial charge in [-0.1, -0.05) is 20.3 Å². The van der Waals surface area contributed by atoms with Crippen molar-refractivity contribution in [3.63, 3.8) is 0 Å². The largest absolute Gasteiger partial charge is 0.370 e. The molecular formula is C11H21IN4S. The highest BCUT2D eigenvalue weighted by atomic mass is 127. The summed E-state index contributed by atoms with van der Waals surface area (Å²) in [7, 11) is 0. The van der Waals surface area contributed by atoms with E-state index in [1.165, 1.54) is 0 Å². The van der Waals surface area contributed by atoms with Crippen LogP contribution in [0, 0.1) is 0 Å². The Morgan fingerprint density at radius 3 is 3.00 bits per heavy atom. The first-order valence-corrected chi connectivity index (χ1v) is 6.55. The molecule has 0 spiro atoms. The molecule has 0 aliphatic rings. The van der Waals surface area contributed by atoms with Crippen molar-refractivity contribution in [2.75, 3.05) is 13.1 Å². The summed E-state index contributed by atoms with van der Waals surface area (Å²) in [6.07, 6.45) is 4.11. The van der Waals surface area contributed by atoms with Crippen molar-refractivity contribution in [2.24, 2.45) is 10.7 Å². The van der Waals surface area contributed by atoms with Crippen molar-refractivity contribution in [1.29, 1.82) is 0 Å². The fourth-order valence-electron chi connectivity index (χ4n) is 1.24. The minimum absolute atomic E-state index is 0. The molecular weight excluding hydrogens is 347 g/mol. The highest BCUT2D eigenvalue weighted by Gasteiger charge is 2.06. The van der Waals surface area contributed by atoms with Gasteiger partial charge >= 0.3 is 0 Å². The summed E-state index contributed by atoms with van der Waals surface area (Å²) in [6, 6.07) is 0. The first-order chi connectivity index (χ1) is 7.74. The van der Waals surface area contributed by atoms with Gasteiger partial charge in [0, 0.05) is 24.0 Å². The molecule has 1 aromatic rings. The van der Waals surface area contributed by atoms with E-state index in [4.69, 9.17) is 5.73 Å². The maximum Gasteiger partial charge on any atom is 0.188 e. The number of nitrogens with two attached hydrogens (primary N) is 1. The molecule has 98 valence electrons. The number of nitrogens with one attached hydrogen (secondary N) is 1. The molecule has 0 bridgehead atoms. The Morgan fingerprint density at radius 1 is 1.65 bits per heavy atom. The minimum atomic E-state index is 0. The number of unbranched alkanes of at least 4 members (excludes halogenated alkanes) is 1. The Kier molecular flexibility index (Phi) is 9.43. The second-order valence-corrected chi connectivity index (χ2v) is 4.70. The molecule has 0 fully saturated rings. The molecule has 1 aromatic heterocycles. The van der Waals surface area contributed by atoms with Crippen molar-refractivity contribution in [3.05, 3.63) is 16.6 Å². The standard InChI is InChI=1S/C11H20N4S.HI/c1-3-4-5-14-11(12)15-8-9(2)10-13-6-7-16-10;/h6-7,9H,3-5,8H2,1-2H3,(H3,12,14,15);1H. The lowest BCUT2D eigenvalue weighted by Gasteiger charge is -2.07. The van der Waals surface area contributed by atoms with Crippen LogP contribution in [0.4, 0.5) is 0 Å². The fourth-order valence-corrected chi connectivity index (χ4v) is 1.93. The van der Waals surface area contributed by atoms with Crippen LogP contribution < -0.4 is 11.1 Å². The van der Waals surface area contributed by atoms with E-state index in [1.54, 1.807) is 11.3 Å². The van der Waals surface area contributed by atoms with Gasteiger partial charge in [0.15, 0.2) is 5.96 Å². The Hall–Kier alpha value is -0.370. The number of hydrogen-bond acceptors (Lipinski definition) is 3. The molecule has 6 heteroatoms. The number of halogens is 1. The lowest BCUT2D eigenvalue weighted by molar-refractivity contribution is 0.732. The number of rotatable bonds is 6. The molecule has 3 N–H and O–H groups in total. The first kappa shape index (κ1) is 16.6. The first-order valence-electron chi connectivity index (χ1n) is 5.67.